The predicted octanol–water partition coefficient (Wildman–Crippen LogP) is 0.478. The first-order chi connectivity index (χ1) is 7.03. The maximum Gasteiger partial charge on any atom is 0.234 e. The number of carbonyl (C=O) groups excluding carboxylic acids is 1. The van der Waals surface area contributed by atoms with Gasteiger partial charge < -0.3 is 11.1 Å². The van der Waals surface area contributed by atoms with E-state index in [4.69, 9.17) is 5.73 Å². The van der Waals surface area contributed by atoms with E-state index < -0.39 is 0 Å². The van der Waals surface area contributed by atoms with E-state index in [1.54, 1.807) is 6.20 Å². The highest BCUT2D eigenvalue weighted by molar-refractivity contribution is 5.78. The molecule has 4 nitrogen and oxygen atoms in total. The van der Waals surface area contributed by atoms with Gasteiger partial charge in [-0.3, -0.25) is 9.78 Å². The molecule has 0 fully saturated rings. The van der Waals surface area contributed by atoms with Crippen LogP contribution in [0.4, 0.5) is 0 Å². The molecule has 3 N–H and O–H groups in total. The molecule has 82 valence electrons. The number of nitrogens with one attached hydrogen (secondary N) is 1. The zero-order valence-electron chi connectivity index (χ0n) is 9.16. The Labute approximate surface area is 89.9 Å². The van der Waals surface area contributed by atoms with Gasteiger partial charge in [0.25, 0.3) is 0 Å². The third kappa shape index (κ3) is 4.08. The molecule has 0 saturated carbocycles. The van der Waals surface area contributed by atoms with Crippen molar-refractivity contribution >= 4 is 5.91 Å². The third-order valence-electron chi connectivity index (χ3n) is 2.01. The average molecular weight is 207 g/mol. The van der Waals surface area contributed by atoms with Gasteiger partial charge in [0, 0.05) is 23.9 Å². The van der Waals surface area contributed by atoms with Gasteiger partial charge in [-0.15, -0.1) is 0 Å². The Hall–Kier alpha value is -1.42. The maximum atomic E-state index is 11.2. The minimum atomic E-state index is -0.315. The van der Waals surface area contributed by atoms with E-state index in [1.165, 1.54) is 0 Å². The first-order valence-electron chi connectivity index (χ1n) is 4.94. The fraction of sp³-hybridized carbons (Fsp3) is 0.455. The molecule has 0 aromatic carbocycles. The van der Waals surface area contributed by atoms with Gasteiger partial charge in [-0.1, -0.05) is 6.07 Å². The van der Waals surface area contributed by atoms with Crippen LogP contribution in [-0.4, -0.2) is 23.0 Å². The highest BCUT2D eigenvalue weighted by atomic mass is 16.1. The van der Waals surface area contributed by atoms with Crippen LogP contribution in [0, 0.1) is 0 Å². The van der Waals surface area contributed by atoms with Crippen molar-refractivity contribution in [2.24, 2.45) is 5.73 Å². The van der Waals surface area contributed by atoms with Crippen molar-refractivity contribution in [3.05, 3.63) is 30.1 Å². The van der Waals surface area contributed by atoms with Crippen LogP contribution in [0.15, 0.2) is 24.4 Å². The normalized spacial score (nSPS) is 11.1. The number of nitrogens with zero attached hydrogens (tertiary/aromatic N) is 1. The summed E-state index contributed by atoms with van der Waals surface area (Å²) in [7, 11) is 0. The van der Waals surface area contributed by atoms with Gasteiger partial charge in [0.1, 0.15) is 0 Å². The lowest BCUT2D eigenvalue weighted by molar-refractivity contribution is -0.121. The van der Waals surface area contributed by atoms with Gasteiger partial charge >= 0.3 is 0 Å². The summed E-state index contributed by atoms with van der Waals surface area (Å²) in [5, 5.41) is 2.85. The first kappa shape index (κ1) is 11.7. The van der Waals surface area contributed by atoms with Gasteiger partial charge in [0.15, 0.2) is 0 Å². The summed E-state index contributed by atoms with van der Waals surface area (Å²) in [6.07, 6.45) is 2.44. The molecule has 0 atom stereocenters. The van der Waals surface area contributed by atoms with Crippen LogP contribution in [0.1, 0.15) is 19.5 Å². The number of amides is 1. The third-order valence-corrected chi connectivity index (χ3v) is 2.01. The molecule has 0 bridgehead atoms. The second-order valence-electron chi connectivity index (χ2n) is 4.13. The number of pyridine rings is 1. The second-order valence-corrected chi connectivity index (χ2v) is 4.13. The number of hydrogen-bond acceptors (Lipinski definition) is 3. The Balaban J connectivity index is 2.60. The monoisotopic (exact) mass is 207 g/mol. The summed E-state index contributed by atoms with van der Waals surface area (Å²) in [5.74, 6) is -0.143. The van der Waals surface area contributed by atoms with Gasteiger partial charge in [-0.05, 0) is 26.0 Å². The Bertz CT molecular complexity index is 322. The molecule has 15 heavy (non-hydrogen) atoms. The zero-order valence-corrected chi connectivity index (χ0v) is 9.16. The molecule has 1 amide bonds. The summed E-state index contributed by atoms with van der Waals surface area (Å²) in [6.45, 7) is 3.93. The molecule has 0 spiro atoms. The lowest BCUT2D eigenvalue weighted by Crippen LogP contribution is -2.47. The minimum absolute atomic E-state index is 0.0195. The summed E-state index contributed by atoms with van der Waals surface area (Å²) >= 11 is 0. The highest BCUT2D eigenvalue weighted by Gasteiger charge is 2.20. The fourth-order valence-electron chi connectivity index (χ4n) is 1.43. The predicted molar refractivity (Wildman–Crippen MR) is 59.2 cm³/mol. The van der Waals surface area contributed by atoms with Gasteiger partial charge in [0.2, 0.25) is 5.91 Å². The largest absolute Gasteiger partial charge is 0.350 e. The molecular weight excluding hydrogens is 190 g/mol. The van der Waals surface area contributed by atoms with Crippen LogP contribution in [0.2, 0.25) is 0 Å². The smallest absolute Gasteiger partial charge is 0.234 e. The average Bonchev–Trinajstić information content (AvgIpc) is 2.17. The van der Waals surface area contributed by atoms with E-state index in [-0.39, 0.29) is 18.0 Å². The Kier molecular flexibility index (Phi) is 3.80. The Morgan fingerprint density at radius 3 is 2.80 bits per heavy atom. The van der Waals surface area contributed by atoms with Crippen molar-refractivity contribution in [3.8, 4) is 0 Å². The van der Waals surface area contributed by atoms with Crippen LogP contribution in [0.3, 0.4) is 0 Å². The van der Waals surface area contributed by atoms with Crippen LogP contribution >= 0.6 is 0 Å². The van der Waals surface area contributed by atoms with Crippen LogP contribution < -0.4 is 11.1 Å². The van der Waals surface area contributed by atoms with E-state index >= 15 is 0 Å². The van der Waals surface area contributed by atoms with E-state index in [0.717, 1.165) is 5.69 Å². The molecule has 1 rings (SSSR count). The van der Waals surface area contributed by atoms with Crippen molar-refractivity contribution in [1.29, 1.82) is 0 Å². The number of aromatic nitrogens is 1. The van der Waals surface area contributed by atoms with Crippen LogP contribution in [-0.2, 0) is 11.2 Å². The SMILES string of the molecule is CC(C)(Cc1ccccn1)NC(=O)CN. The lowest BCUT2D eigenvalue weighted by atomic mass is 9.98. The Morgan fingerprint density at radius 2 is 2.27 bits per heavy atom. The summed E-state index contributed by atoms with van der Waals surface area (Å²) < 4.78 is 0. The van der Waals surface area contributed by atoms with Gasteiger partial charge in [-0.2, -0.15) is 0 Å². The molecule has 1 heterocycles. The second kappa shape index (κ2) is 4.89. The molecule has 0 aliphatic heterocycles. The molecule has 0 unspecified atom stereocenters. The first-order valence-corrected chi connectivity index (χ1v) is 4.94. The zero-order chi connectivity index (χ0) is 11.3. The number of hydrogen-bond donors (Lipinski definition) is 2. The van der Waals surface area contributed by atoms with E-state index in [1.807, 2.05) is 32.0 Å². The summed E-state index contributed by atoms with van der Waals surface area (Å²) in [5.41, 5.74) is 5.89. The number of rotatable bonds is 4. The quantitative estimate of drug-likeness (QED) is 0.754. The standard InChI is InChI=1S/C11H17N3O/c1-11(2,14-10(15)8-12)7-9-5-3-4-6-13-9/h3-6H,7-8,12H2,1-2H3,(H,14,15). The van der Waals surface area contributed by atoms with Crippen molar-refractivity contribution < 1.29 is 4.79 Å². The molecule has 0 aliphatic rings. The molecule has 0 aliphatic carbocycles. The Morgan fingerprint density at radius 1 is 1.53 bits per heavy atom. The van der Waals surface area contributed by atoms with Crippen LogP contribution in [0.25, 0.3) is 0 Å². The lowest BCUT2D eigenvalue weighted by Gasteiger charge is -2.25. The molecular formula is C11H17N3O. The van der Waals surface area contributed by atoms with Crippen molar-refractivity contribution in [2.75, 3.05) is 6.54 Å². The molecule has 0 radical (unpaired) electrons. The topological polar surface area (TPSA) is 68.0 Å². The van der Waals surface area contributed by atoms with Crippen molar-refractivity contribution in [1.82, 2.24) is 10.3 Å². The van der Waals surface area contributed by atoms with Crippen molar-refractivity contribution in [2.45, 2.75) is 25.8 Å². The van der Waals surface area contributed by atoms with Crippen molar-refractivity contribution in [3.63, 3.8) is 0 Å². The van der Waals surface area contributed by atoms with E-state index in [0.29, 0.717) is 6.42 Å². The number of carbonyl (C=O) groups is 1. The van der Waals surface area contributed by atoms with Gasteiger partial charge in [0.05, 0.1) is 6.54 Å². The molecule has 0 saturated heterocycles. The number of nitrogens with two attached hydrogens (primary N) is 1. The molecule has 1 aromatic heterocycles. The molecule has 1 aromatic rings. The highest BCUT2D eigenvalue weighted by Crippen LogP contribution is 2.09. The van der Waals surface area contributed by atoms with E-state index in [9.17, 15) is 4.79 Å². The minimum Gasteiger partial charge on any atom is -0.350 e. The molecule has 4 heteroatoms. The maximum absolute atomic E-state index is 11.2. The van der Waals surface area contributed by atoms with Gasteiger partial charge in [-0.25, -0.2) is 0 Å². The summed E-state index contributed by atoms with van der Waals surface area (Å²) in [4.78, 5) is 15.4. The van der Waals surface area contributed by atoms with Crippen LogP contribution in [0.5, 0.6) is 0 Å². The van der Waals surface area contributed by atoms with E-state index in [2.05, 4.69) is 10.3 Å². The fourth-order valence-corrected chi connectivity index (χ4v) is 1.43. The summed E-state index contributed by atoms with van der Waals surface area (Å²) in [6, 6.07) is 5.74.